The number of carbonyl (C=O) groups is 1. The summed E-state index contributed by atoms with van der Waals surface area (Å²) in [6.07, 6.45) is 8.60. The van der Waals surface area contributed by atoms with Crippen LogP contribution in [0.2, 0.25) is 0 Å². The molecule has 0 aliphatic carbocycles. The summed E-state index contributed by atoms with van der Waals surface area (Å²) in [5, 5.41) is 3.80. The Morgan fingerprint density at radius 3 is 2.52 bits per heavy atom. The Bertz CT molecular complexity index is 847. The Kier molecular flexibility index (Phi) is 6.73. The molecule has 1 N–H and O–H groups in total. The number of piperidine rings is 1. The maximum atomic E-state index is 12.7. The van der Waals surface area contributed by atoms with Crippen molar-refractivity contribution in [1.29, 1.82) is 0 Å². The number of nitrogens with zero attached hydrogens (tertiary/aromatic N) is 2. The van der Waals surface area contributed by atoms with Crippen molar-refractivity contribution in [2.75, 3.05) is 26.2 Å². The maximum absolute atomic E-state index is 12.7. The van der Waals surface area contributed by atoms with E-state index in [-0.39, 0.29) is 16.9 Å². The Morgan fingerprint density at radius 2 is 1.84 bits per heavy atom. The lowest BCUT2D eigenvalue weighted by atomic mass is 9.67. The molecule has 2 fully saturated rings. The first-order valence-corrected chi connectivity index (χ1v) is 11.6. The van der Waals surface area contributed by atoms with E-state index < -0.39 is 0 Å². The molecule has 1 unspecified atom stereocenters. The molecule has 2 aromatic rings. The molecule has 5 heteroatoms. The molecule has 166 valence electrons. The molecule has 1 aromatic carbocycles. The van der Waals surface area contributed by atoms with Crippen LogP contribution in [0.5, 0.6) is 0 Å². The van der Waals surface area contributed by atoms with Crippen LogP contribution in [-0.4, -0.2) is 53.7 Å². The zero-order chi connectivity index (χ0) is 21.7. The molecule has 2 aliphatic heterocycles. The molecule has 31 heavy (non-hydrogen) atoms. The van der Waals surface area contributed by atoms with Crippen molar-refractivity contribution in [2.45, 2.75) is 63.0 Å². The van der Waals surface area contributed by atoms with Gasteiger partial charge in [-0.05, 0) is 70.2 Å². The van der Waals surface area contributed by atoms with Crippen molar-refractivity contribution < 1.29 is 9.53 Å². The minimum absolute atomic E-state index is 0.0905. The van der Waals surface area contributed by atoms with Crippen LogP contribution in [0.25, 0.3) is 0 Å². The Labute approximate surface area is 186 Å². The highest BCUT2D eigenvalue weighted by atomic mass is 16.5. The number of likely N-dealkylation sites (tertiary alicyclic amines) is 1. The van der Waals surface area contributed by atoms with Crippen LogP contribution in [0.3, 0.4) is 0 Å². The summed E-state index contributed by atoms with van der Waals surface area (Å²) >= 11 is 0. The van der Waals surface area contributed by atoms with Crippen molar-refractivity contribution in [3.63, 3.8) is 0 Å². The van der Waals surface area contributed by atoms with Gasteiger partial charge in [0.1, 0.15) is 0 Å². The number of benzene rings is 1. The molecular formula is C26H35N3O2. The molecule has 1 atom stereocenters. The van der Waals surface area contributed by atoms with E-state index in [1.807, 2.05) is 4.90 Å². The standard InChI is InChI=1S/C26H35N3O2/c1-25(2)20-26(13-19-31-25,22-6-4-3-5-7-22)12-16-28-23-10-17-29(18-11-23)24(30)21-8-14-27-15-9-21/h3-9,14-15,23,28H,10-13,16-20H2,1-2H3. The van der Waals surface area contributed by atoms with E-state index in [0.717, 1.165) is 63.9 Å². The Hall–Kier alpha value is -2.24. The predicted molar refractivity (Wildman–Crippen MR) is 123 cm³/mol. The zero-order valence-electron chi connectivity index (χ0n) is 18.8. The predicted octanol–water partition coefficient (Wildman–Crippen LogP) is 4.19. The number of hydrogen-bond acceptors (Lipinski definition) is 4. The first-order chi connectivity index (χ1) is 15.0. The van der Waals surface area contributed by atoms with Gasteiger partial charge in [0.25, 0.3) is 5.91 Å². The third kappa shape index (κ3) is 5.34. The van der Waals surface area contributed by atoms with Gasteiger partial charge in [0, 0.05) is 49.1 Å². The highest BCUT2D eigenvalue weighted by Crippen LogP contribution is 2.43. The quantitative estimate of drug-likeness (QED) is 0.760. The first-order valence-electron chi connectivity index (χ1n) is 11.6. The number of hydrogen-bond donors (Lipinski definition) is 1. The summed E-state index contributed by atoms with van der Waals surface area (Å²) in [5.41, 5.74) is 2.24. The minimum Gasteiger partial charge on any atom is -0.376 e. The van der Waals surface area contributed by atoms with E-state index in [0.29, 0.717) is 6.04 Å². The largest absolute Gasteiger partial charge is 0.376 e. The smallest absolute Gasteiger partial charge is 0.253 e. The van der Waals surface area contributed by atoms with Gasteiger partial charge in [-0.2, -0.15) is 0 Å². The molecule has 5 nitrogen and oxygen atoms in total. The SMILES string of the molecule is CC1(C)CC(CCNC2CCN(C(=O)c3ccncc3)CC2)(c2ccccc2)CCO1. The number of aromatic nitrogens is 1. The summed E-state index contributed by atoms with van der Waals surface area (Å²) in [6, 6.07) is 15.0. The Balaban J connectivity index is 1.31. The van der Waals surface area contributed by atoms with Crippen LogP contribution < -0.4 is 5.32 Å². The van der Waals surface area contributed by atoms with Crippen molar-refractivity contribution >= 4 is 5.91 Å². The molecule has 1 aromatic heterocycles. The number of carbonyl (C=O) groups excluding carboxylic acids is 1. The third-order valence-electron chi connectivity index (χ3n) is 6.97. The first kappa shape index (κ1) is 22.0. The van der Waals surface area contributed by atoms with Gasteiger partial charge in [-0.1, -0.05) is 30.3 Å². The number of nitrogens with one attached hydrogen (secondary N) is 1. The van der Waals surface area contributed by atoms with Crippen LogP contribution in [0.1, 0.15) is 61.9 Å². The molecule has 2 saturated heterocycles. The average molecular weight is 422 g/mol. The summed E-state index contributed by atoms with van der Waals surface area (Å²) < 4.78 is 6.05. The normalized spacial score (nSPS) is 24.1. The molecule has 0 spiro atoms. The lowest BCUT2D eigenvalue weighted by Gasteiger charge is -2.46. The lowest BCUT2D eigenvalue weighted by Crippen LogP contribution is -2.48. The third-order valence-corrected chi connectivity index (χ3v) is 6.97. The fourth-order valence-corrected chi connectivity index (χ4v) is 5.35. The molecule has 1 amide bonds. The van der Waals surface area contributed by atoms with Gasteiger partial charge in [0.05, 0.1) is 5.60 Å². The van der Waals surface area contributed by atoms with E-state index in [2.05, 4.69) is 54.5 Å². The van der Waals surface area contributed by atoms with Crippen LogP contribution in [0.4, 0.5) is 0 Å². The molecule has 0 saturated carbocycles. The van der Waals surface area contributed by atoms with Crippen molar-refractivity contribution in [3.05, 3.63) is 66.0 Å². The van der Waals surface area contributed by atoms with Gasteiger partial charge >= 0.3 is 0 Å². The van der Waals surface area contributed by atoms with Crippen LogP contribution in [0.15, 0.2) is 54.9 Å². The number of amides is 1. The fraction of sp³-hybridized carbons (Fsp3) is 0.538. The lowest BCUT2D eigenvalue weighted by molar-refractivity contribution is -0.0841. The molecule has 2 aliphatic rings. The van der Waals surface area contributed by atoms with Gasteiger partial charge in [-0.3, -0.25) is 9.78 Å². The van der Waals surface area contributed by atoms with Crippen LogP contribution in [0, 0.1) is 0 Å². The van der Waals surface area contributed by atoms with Crippen molar-refractivity contribution in [3.8, 4) is 0 Å². The van der Waals surface area contributed by atoms with Gasteiger partial charge in [0.15, 0.2) is 0 Å². The molecule has 4 rings (SSSR count). The summed E-state index contributed by atoms with van der Waals surface area (Å²) in [7, 11) is 0. The molecular weight excluding hydrogens is 386 g/mol. The summed E-state index contributed by atoms with van der Waals surface area (Å²) in [4.78, 5) is 18.6. The Morgan fingerprint density at radius 1 is 1.13 bits per heavy atom. The van der Waals surface area contributed by atoms with E-state index in [1.54, 1.807) is 24.5 Å². The number of rotatable bonds is 6. The fourth-order valence-electron chi connectivity index (χ4n) is 5.35. The van der Waals surface area contributed by atoms with Crippen LogP contribution >= 0.6 is 0 Å². The summed E-state index contributed by atoms with van der Waals surface area (Å²) in [5.74, 6) is 0.119. The van der Waals surface area contributed by atoms with Crippen molar-refractivity contribution in [2.24, 2.45) is 0 Å². The number of pyridine rings is 1. The van der Waals surface area contributed by atoms with Crippen LogP contribution in [-0.2, 0) is 10.2 Å². The van der Waals surface area contributed by atoms with E-state index in [4.69, 9.17) is 4.74 Å². The second kappa shape index (κ2) is 9.49. The van der Waals surface area contributed by atoms with Gasteiger partial charge in [-0.25, -0.2) is 0 Å². The number of ether oxygens (including phenoxy) is 1. The molecule has 0 bridgehead atoms. The highest BCUT2D eigenvalue weighted by molar-refractivity contribution is 5.94. The van der Waals surface area contributed by atoms with E-state index in [9.17, 15) is 4.79 Å². The second-order valence-corrected chi connectivity index (χ2v) is 9.69. The second-order valence-electron chi connectivity index (χ2n) is 9.69. The van der Waals surface area contributed by atoms with E-state index in [1.165, 1.54) is 5.56 Å². The monoisotopic (exact) mass is 421 g/mol. The van der Waals surface area contributed by atoms with Crippen molar-refractivity contribution in [1.82, 2.24) is 15.2 Å². The minimum atomic E-state index is -0.0905. The molecule has 0 radical (unpaired) electrons. The maximum Gasteiger partial charge on any atom is 0.253 e. The zero-order valence-corrected chi connectivity index (χ0v) is 18.8. The average Bonchev–Trinajstić information content (AvgIpc) is 2.80. The molecule has 3 heterocycles. The van der Waals surface area contributed by atoms with E-state index >= 15 is 0 Å². The van der Waals surface area contributed by atoms with Gasteiger partial charge < -0.3 is 15.0 Å². The highest BCUT2D eigenvalue weighted by Gasteiger charge is 2.41. The summed E-state index contributed by atoms with van der Waals surface area (Å²) in [6.45, 7) is 7.86. The topological polar surface area (TPSA) is 54.5 Å². The van der Waals surface area contributed by atoms with Gasteiger partial charge in [-0.15, -0.1) is 0 Å². The van der Waals surface area contributed by atoms with Gasteiger partial charge in [0.2, 0.25) is 0 Å².